The fourth-order valence-corrected chi connectivity index (χ4v) is 3.54. The van der Waals surface area contributed by atoms with Crippen LogP contribution in [0.3, 0.4) is 0 Å². The zero-order chi connectivity index (χ0) is 18.1. The summed E-state index contributed by atoms with van der Waals surface area (Å²) in [5.41, 5.74) is 1.53. The van der Waals surface area contributed by atoms with Gasteiger partial charge in [-0.1, -0.05) is 0 Å². The average molecular weight is 358 g/mol. The Morgan fingerprint density at radius 1 is 1.38 bits per heavy atom. The number of carbonyl (C=O) groups excluding carboxylic acids is 1. The van der Waals surface area contributed by atoms with Crippen LogP contribution in [0.1, 0.15) is 34.8 Å². The second-order valence-corrected chi connectivity index (χ2v) is 6.84. The van der Waals surface area contributed by atoms with Crippen molar-refractivity contribution < 1.29 is 18.7 Å². The van der Waals surface area contributed by atoms with Gasteiger partial charge in [0.15, 0.2) is 5.43 Å². The molecule has 0 spiro atoms. The van der Waals surface area contributed by atoms with Crippen LogP contribution in [0.5, 0.6) is 0 Å². The molecule has 2 aromatic rings. The van der Waals surface area contributed by atoms with E-state index in [4.69, 9.17) is 13.9 Å². The van der Waals surface area contributed by atoms with Crippen molar-refractivity contribution in [3.63, 3.8) is 0 Å². The molecule has 0 bridgehead atoms. The predicted molar refractivity (Wildman–Crippen MR) is 95.1 cm³/mol. The summed E-state index contributed by atoms with van der Waals surface area (Å²) in [6.45, 7) is 2.76. The molecular formula is C19H22N2O5. The molecule has 2 atom stereocenters. The zero-order valence-corrected chi connectivity index (χ0v) is 14.7. The van der Waals surface area contributed by atoms with Crippen molar-refractivity contribution in [1.82, 2.24) is 10.2 Å². The molecule has 2 aliphatic heterocycles. The van der Waals surface area contributed by atoms with E-state index in [1.807, 2.05) is 11.9 Å². The topological polar surface area (TPSA) is 81.0 Å². The number of hydrogen-bond acceptors (Lipinski definition) is 7. The third-order valence-electron chi connectivity index (χ3n) is 4.94. The lowest BCUT2D eigenvalue weighted by atomic mass is 9.99. The third kappa shape index (κ3) is 3.38. The summed E-state index contributed by atoms with van der Waals surface area (Å²) >= 11 is 0. The van der Waals surface area contributed by atoms with Crippen LogP contribution < -0.4 is 10.7 Å². The molecule has 2 fully saturated rings. The number of benzene rings is 1. The van der Waals surface area contributed by atoms with Gasteiger partial charge in [-0.2, -0.15) is 0 Å². The molecule has 0 aliphatic carbocycles. The Balaban J connectivity index is 1.69. The Morgan fingerprint density at radius 2 is 2.27 bits per heavy atom. The molecule has 138 valence electrons. The molecule has 2 saturated heterocycles. The van der Waals surface area contributed by atoms with Gasteiger partial charge in [-0.3, -0.25) is 9.69 Å². The lowest BCUT2D eigenvalue weighted by molar-refractivity contribution is -0.146. The Kier molecular flexibility index (Phi) is 4.76. The summed E-state index contributed by atoms with van der Waals surface area (Å²) in [5.74, 6) is -0.491. The molecular weight excluding hydrogens is 336 g/mol. The molecule has 0 amide bonds. The third-order valence-corrected chi connectivity index (χ3v) is 4.94. The lowest BCUT2D eigenvalue weighted by Crippen LogP contribution is -2.42. The van der Waals surface area contributed by atoms with E-state index in [-0.39, 0.29) is 11.5 Å². The SMILES string of the molecule is CN1CCOC(OC(=O)c2cc([C@H]3CCCN3)c3occc(=O)c3c2)C1. The van der Waals surface area contributed by atoms with Crippen LogP contribution in [0, 0.1) is 0 Å². The van der Waals surface area contributed by atoms with Crippen LogP contribution in [0.15, 0.2) is 33.7 Å². The van der Waals surface area contributed by atoms with Crippen LogP contribution >= 0.6 is 0 Å². The molecule has 1 N–H and O–H groups in total. The van der Waals surface area contributed by atoms with Gasteiger partial charge in [-0.25, -0.2) is 4.79 Å². The first kappa shape index (κ1) is 17.2. The Morgan fingerprint density at radius 3 is 3.04 bits per heavy atom. The maximum atomic E-state index is 12.7. The van der Waals surface area contributed by atoms with Crippen LogP contribution in [0.2, 0.25) is 0 Å². The van der Waals surface area contributed by atoms with Crippen molar-refractivity contribution in [2.45, 2.75) is 25.2 Å². The molecule has 3 heterocycles. The van der Waals surface area contributed by atoms with E-state index in [0.29, 0.717) is 29.7 Å². The molecule has 1 aromatic heterocycles. The molecule has 4 rings (SSSR count). The number of ether oxygens (including phenoxy) is 2. The van der Waals surface area contributed by atoms with Crippen molar-refractivity contribution in [3.8, 4) is 0 Å². The second kappa shape index (κ2) is 7.19. The monoisotopic (exact) mass is 358 g/mol. The highest BCUT2D eigenvalue weighted by molar-refractivity contribution is 5.95. The fourth-order valence-electron chi connectivity index (χ4n) is 3.54. The molecule has 26 heavy (non-hydrogen) atoms. The van der Waals surface area contributed by atoms with Gasteiger partial charge in [0.05, 0.1) is 30.4 Å². The molecule has 1 unspecified atom stereocenters. The van der Waals surface area contributed by atoms with Crippen molar-refractivity contribution in [2.24, 2.45) is 0 Å². The summed E-state index contributed by atoms with van der Waals surface area (Å²) in [6, 6.07) is 4.74. The Labute approximate surface area is 150 Å². The van der Waals surface area contributed by atoms with Gasteiger partial charge < -0.3 is 19.2 Å². The summed E-state index contributed by atoms with van der Waals surface area (Å²) in [4.78, 5) is 27.0. The maximum Gasteiger partial charge on any atom is 0.340 e. The van der Waals surface area contributed by atoms with Crippen LogP contribution in [0.4, 0.5) is 0 Å². The number of likely N-dealkylation sites (N-methyl/N-ethyl adjacent to an activating group) is 1. The van der Waals surface area contributed by atoms with Gasteiger partial charge in [0, 0.05) is 24.2 Å². The van der Waals surface area contributed by atoms with Gasteiger partial charge in [0.25, 0.3) is 0 Å². The minimum Gasteiger partial charge on any atom is -0.464 e. The van der Waals surface area contributed by atoms with Crippen molar-refractivity contribution in [2.75, 3.05) is 33.3 Å². The van der Waals surface area contributed by atoms with E-state index in [9.17, 15) is 9.59 Å². The quantitative estimate of drug-likeness (QED) is 0.836. The maximum absolute atomic E-state index is 12.7. The summed E-state index contributed by atoms with van der Waals surface area (Å²) in [5, 5.41) is 3.79. The van der Waals surface area contributed by atoms with E-state index >= 15 is 0 Å². The summed E-state index contributed by atoms with van der Waals surface area (Å²) < 4.78 is 16.6. The smallest absolute Gasteiger partial charge is 0.340 e. The first-order valence-corrected chi connectivity index (χ1v) is 8.92. The first-order chi connectivity index (χ1) is 12.6. The van der Waals surface area contributed by atoms with Gasteiger partial charge in [-0.05, 0) is 38.6 Å². The molecule has 7 nitrogen and oxygen atoms in total. The Hall–Kier alpha value is -2.22. The first-order valence-electron chi connectivity index (χ1n) is 8.92. The van der Waals surface area contributed by atoms with E-state index in [1.165, 1.54) is 12.3 Å². The van der Waals surface area contributed by atoms with Gasteiger partial charge in [-0.15, -0.1) is 0 Å². The van der Waals surface area contributed by atoms with Gasteiger partial charge in [0.1, 0.15) is 5.58 Å². The minimum atomic E-state index is -0.600. The standard InChI is InChI=1S/C19H22N2O5/c1-21-6-8-24-17(11-21)26-19(23)12-9-13(15-3-2-5-20-15)18-14(10-12)16(22)4-7-25-18/h4,7,9-10,15,17,20H,2-3,5-6,8,11H2,1H3/t15-,17?/m1/s1. The normalized spacial score (nSPS) is 24.0. The number of morpholine rings is 1. The lowest BCUT2D eigenvalue weighted by Gasteiger charge is -2.29. The summed E-state index contributed by atoms with van der Waals surface area (Å²) in [7, 11) is 1.95. The number of hydrogen-bond donors (Lipinski definition) is 1. The molecule has 7 heteroatoms. The van der Waals surface area contributed by atoms with Gasteiger partial charge >= 0.3 is 5.97 Å². The largest absolute Gasteiger partial charge is 0.464 e. The number of rotatable bonds is 3. The highest BCUT2D eigenvalue weighted by atomic mass is 16.7. The number of nitrogens with zero attached hydrogens (tertiary/aromatic N) is 1. The highest BCUT2D eigenvalue weighted by Gasteiger charge is 2.26. The van der Waals surface area contributed by atoms with Crippen molar-refractivity contribution in [1.29, 1.82) is 0 Å². The van der Waals surface area contributed by atoms with E-state index in [2.05, 4.69) is 5.32 Å². The van der Waals surface area contributed by atoms with Crippen LogP contribution in [-0.2, 0) is 9.47 Å². The van der Waals surface area contributed by atoms with Crippen molar-refractivity contribution in [3.05, 3.63) is 45.8 Å². The fraction of sp³-hybridized carbons (Fsp3) is 0.474. The molecule has 1 aromatic carbocycles. The second-order valence-electron chi connectivity index (χ2n) is 6.84. The van der Waals surface area contributed by atoms with E-state index < -0.39 is 12.3 Å². The average Bonchev–Trinajstić information content (AvgIpc) is 3.16. The number of nitrogens with one attached hydrogen (secondary N) is 1. The summed E-state index contributed by atoms with van der Waals surface area (Å²) in [6.07, 6.45) is 2.77. The Bertz CT molecular complexity index is 872. The van der Waals surface area contributed by atoms with Gasteiger partial charge in [0.2, 0.25) is 6.29 Å². The molecule has 0 saturated carbocycles. The minimum absolute atomic E-state index is 0.0628. The zero-order valence-electron chi connectivity index (χ0n) is 14.7. The number of esters is 1. The predicted octanol–water partition coefficient (Wildman–Crippen LogP) is 1.66. The highest BCUT2D eigenvalue weighted by Crippen LogP contribution is 2.30. The van der Waals surface area contributed by atoms with E-state index in [1.54, 1.807) is 12.1 Å². The number of carbonyl (C=O) groups is 1. The molecule has 2 aliphatic rings. The van der Waals surface area contributed by atoms with Crippen LogP contribution in [-0.4, -0.2) is 50.4 Å². The number of fused-ring (bicyclic) bond motifs is 1. The van der Waals surface area contributed by atoms with E-state index in [0.717, 1.165) is 31.5 Å². The van der Waals surface area contributed by atoms with Crippen LogP contribution in [0.25, 0.3) is 11.0 Å². The molecule has 0 radical (unpaired) electrons. The van der Waals surface area contributed by atoms with Crippen molar-refractivity contribution >= 4 is 16.9 Å².